The van der Waals surface area contributed by atoms with E-state index in [0.29, 0.717) is 18.4 Å². The Morgan fingerprint density at radius 2 is 1.90 bits per heavy atom. The van der Waals surface area contributed by atoms with Gasteiger partial charge in [0.2, 0.25) is 0 Å². The minimum absolute atomic E-state index is 0.123. The van der Waals surface area contributed by atoms with Crippen LogP contribution in [-0.2, 0) is 9.84 Å². The van der Waals surface area contributed by atoms with E-state index in [1.165, 1.54) is 0 Å². The number of amides is 1. The van der Waals surface area contributed by atoms with Gasteiger partial charge >= 0.3 is 0 Å². The quantitative estimate of drug-likeness (QED) is 0.870. The minimum atomic E-state index is -3.29. The average molecular weight is 305 g/mol. The van der Waals surface area contributed by atoms with Gasteiger partial charge in [-0.2, -0.15) is 0 Å². The van der Waals surface area contributed by atoms with E-state index in [0.717, 1.165) is 11.1 Å². The molecular weight excluding hydrogens is 286 g/mol. The Morgan fingerprint density at radius 3 is 2.57 bits per heavy atom. The number of carbonyl (C=O) groups excluding carboxylic acids is 1. The maximum atomic E-state index is 12.9. The van der Waals surface area contributed by atoms with Crippen molar-refractivity contribution in [3.05, 3.63) is 47.0 Å². The third-order valence-corrected chi connectivity index (χ3v) is 7.21. The molecule has 1 aromatic carbocycles. The molecule has 0 bridgehead atoms. The number of sulfone groups is 1. The first-order valence-electron chi connectivity index (χ1n) is 7.35. The van der Waals surface area contributed by atoms with Gasteiger partial charge in [0, 0.05) is 5.56 Å². The van der Waals surface area contributed by atoms with Gasteiger partial charge in [0.1, 0.15) is 5.25 Å². The maximum Gasteiger partial charge on any atom is 0.252 e. The van der Waals surface area contributed by atoms with Gasteiger partial charge in [0.15, 0.2) is 9.84 Å². The second kappa shape index (κ2) is 4.98. The molecule has 2 unspecified atom stereocenters. The molecular formula is C16H19NO3S. The summed E-state index contributed by atoms with van der Waals surface area (Å²) in [6.07, 6.45) is 4.76. The fraction of sp³-hybridized carbons (Fsp3) is 0.438. The monoisotopic (exact) mass is 305 g/mol. The van der Waals surface area contributed by atoms with Gasteiger partial charge in [-0.05, 0) is 30.0 Å². The van der Waals surface area contributed by atoms with Crippen molar-refractivity contribution >= 4 is 15.7 Å². The lowest BCUT2D eigenvalue weighted by molar-refractivity contribution is 0.0961. The number of benzene rings is 1. The van der Waals surface area contributed by atoms with Crippen LogP contribution in [-0.4, -0.2) is 19.6 Å². The molecule has 2 atom stereocenters. The topological polar surface area (TPSA) is 63.2 Å². The van der Waals surface area contributed by atoms with Crippen LogP contribution in [0.15, 0.2) is 30.4 Å². The molecule has 0 aromatic heterocycles. The van der Waals surface area contributed by atoms with Crippen LogP contribution in [0.1, 0.15) is 59.5 Å². The summed E-state index contributed by atoms with van der Waals surface area (Å²) in [4.78, 5) is 11.9. The summed E-state index contributed by atoms with van der Waals surface area (Å²) in [5, 5.41) is 1.89. The minimum Gasteiger partial charge on any atom is -0.342 e. The molecule has 2 aliphatic rings. The highest BCUT2D eigenvalue weighted by Crippen LogP contribution is 2.42. The third kappa shape index (κ3) is 2.02. The second-order valence-corrected chi connectivity index (χ2v) is 7.95. The van der Waals surface area contributed by atoms with Gasteiger partial charge in [-0.15, -0.1) is 0 Å². The molecule has 21 heavy (non-hydrogen) atoms. The van der Waals surface area contributed by atoms with E-state index in [1.807, 2.05) is 19.9 Å². The summed E-state index contributed by atoms with van der Waals surface area (Å²) in [5.74, 6) is -0.123. The van der Waals surface area contributed by atoms with Gasteiger partial charge in [0.25, 0.3) is 5.91 Å². The fourth-order valence-electron chi connectivity index (χ4n) is 3.37. The molecule has 1 aliphatic carbocycles. The van der Waals surface area contributed by atoms with E-state index in [4.69, 9.17) is 0 Å². The molecule has 1 heterocycles. The van der Waals surface area contributed by atoms with Crippen LogP contribution < -0.4 is 5.32 Å². The van der Waals surface area contributed by atoms with Crippen molar-refractivity contribution in [1.82, 2.24) is 5.32 Å². The molecule has 0 radical (unpaired) electrons. The van der Waals surface area contributed by atoms with Crippen molar-refractivity contribution in [2.45, 2.75) is 43.2 Å². The smallest absolute Gasteiger partial charge is 0.252 e. The van der Waals surface area contributed by atoms with Crippen LogP contribution in [0.25, 0.3) is 0 Å². The van der Waals surface area contributed by atoms with E-state index >= 15 is 0 Å². The number of carbonyl (C=O) groups is 1. The molecule has 112 valence electrons. The highest BCUT2D eigenvalue weighted by molar-refractivity contribution is 7.92. The molecule has 1 aliphatic heterocycles. The molecule has 3 rings (SSSR count). The van der Waals surface area contributed by atoms with Crippen molar-refractivity contribution in [2.24, 2.45) is 0 Å². The lowest BCUT2D eigenvalue weighted by atomic mass is 9.91. The highest BCUT2D eigenvalue weighted by atomic mass is 32.2. The molecule has 0 fully saturated rings. The predicted octanol–water partition coefficient (Wildman–Crippen LogP) is 2.69. The van der Waals surface area contributed by atoms with Crippen molar-refractivity contribution in [3.8, 4) is 0 Å². The highest BCUT2D eigenvalue weighted by Gasteiger charge is 2.40. The van der Waals surface area contributed by atoms with E-state index in [1.54, 1.807) is 24.3 Å². The zero-order valence-corrected chi connectivity index (χ0v) is 13.0. The van der Waals surface area contributed by atoms with Crippen molar-refractivity contribution < 1.29 is 13.2 Å². The Morgan fingerprint density at radius 1 is 1.19 bits per heavy atom. The normalized spacial score (nSPS) is 23.3. The Balaban J connectivity index is 2.14. The Hall–Kier alpha value is -1.62. The zero-order valence-electron chi connectivity index (χ0n) is 12.2. The van der Waals surface area contributed by atoms with Crippen LogP contribution in [0, 0.1) is 0 Å². The number of hydrogen-bond donors (Lipinski definition) is 1. The lowest BCUT2D eigenvalue weighted by Gasteiger charge is -2.26. The van der Waals surface area contributed by atoms with Crippen LogP contribution >= 0.6 is 0 Å². The predicted molar refractivity (Wildman–Crippen MR) is 81.8 cm³/mol. The summed E-state index contributed by atoms with van der Waals surface area (Å²) >= 11 is 0. The third-order valence-electron chi connectivity index (χ3n) is 4.50. The number of nitrogens with one attached hydrogen (secondary N) is 1. The van der Waals surface area contributed by atoms with Crippen LogP contribution in [0.3, 0.4) is 0 Å². The van der Waals surface area contributed by atoms with Crippen LogP contribution in [0.4, 0.5) is 0 Å². The number of hydrogen-bond acceptors (Lipinski definition) is 3. The molecule has 1 amide bonds. The zero-order chi connectivity index (χ0) is 15.2. The summed E-state index contributed by atoms with van der Waals surface area (Å²) < 4.78 is 25.7. The van der Waals surface area contributed by atoms with E-state index in [-0.39, 0.29) is 17.2 Å². The first-order chi connectivity index (χ1) is 10.0. The summed E-state index contributed by atoms with van der Waals surface area (Å²) in [6.45, 7) is 3.81. The first kappa shape index (κ1) is 14.3. The molecule has 0 spiro atoms. The second-order valence-electron chi connectivity index (χ2n) is 5.59. The summed E-state index contributed by atoms with van der Waals surface area (Å²) in [6, 6.07) is 5.18. The summed E-state index contributed by atoms with van der Waals surface area (Å²) in [7, 11) is -3.29. The molecule has 4 nitrogen and oxygen atoms in total. The van der Waals surface area contributed by atoms with E-state index < -0.39 is 15.1 Å². The SMILES string of the molecule is CCC(CC)S(=O)(=O)C1C=CC2NC(=O)c3cccc1c32. The Bertz CT molecular complexity index is 717. The maximum absolute atomic E-state index is 12.9. The largest absolute Gasteiger partial charge is 0.342 e. The van der Waals surface area contributed by atoms with Gasteiger partial charge < -0.3 is 5.32 Å². The van der Waals surface area contributed by atoms with Crippen LogP contribution in [0.2, 0.25) is 0 Å². The summed E-state index contributed by atoms with van der Waals surface area (Å²) in [5.41, 5.74) is 2.20. The van der Waals surface area contributed by atoms with Crippen molar-refractivity contribution in [2.75, 3.05) is 0 Å². The van der Waals surface area contributed by atoms with Gasteiger partial charge in [-0.3, -0.25) is 4.79 Å². The van der Waals surface area contributed by atoms with Crippen LogP contribution in [0.5, 0.6) is 0 Å². The molecule has 1 aromatic rings. The van der Waals surface area contributed by atoms with Gasteiger partial charge in [0.05, 0.1) is 11.3 Å². The van der Waals surface area contributed by atoms with E-state index in [2.05, 4.69) is 5.32 Å². The van der Waals surface area contributed by atoms with Gasteiger partial charge in [-0.1, -0.05) is 38.1 Å². The molecule has 5 heteroatoms. The van der Waals surface area contributed by atoms with Gasteiger partial charge in [-0.25, -0.2) is 8.42 Å². The van der Waals surface area contributed by atoms with Crippen molar-refractivity contribution in [3.63, 3.8) is 0 Å². The Labute approximate surface area is 125 Å². The fourth-order valence-corrected chi connectivity index (χ4v) is 5.59. The molecule has 0 saturated heterocycles. The first-order valence-corrected chi connectivity index (χ1v) is 8.96. The average Bonchev–Trinajstić information content (AvgIpc) is 2.79. The van der Waals surface area contributed by atoms with Crippen molar-refractivity contribution in [1.29, 1.82) is 0 Å². The standard InChI is InChI=1S/C16H19NO3S/c1-3-10(4-2)21(19,20)14-9-8-13-15-11(14)6-5-7-12(15)16(18)17-13/h5-10,13-14H,3-4H2,1-2H3,(H,17,18). The lowest BCUT2D eigenvalue weighted by Crippen LogP contribution is -2.28. The Kier molecular flexibility index (Phi) is 3.40. The molecule has 0 saturated carbocycles. The number of rotatable bonds is 4. The molecule has 1 N–H and O–H groups in total. The van der Waals surface area contributed by atoms with E-state index in [9.17, 15) is 13.2 Å².